The quantitative estimate of drug-likeness (QED) is 0.531. The molecule has 0 aromatic heterocycles. The van der Waals surface area contributed by atoms with Gasteiger partial charge in [-0.3, -0.25) is 4.79 Å². The Hall–Kier alpha value is -1.32. The number of hydrogen-bond acceptors (Lipinski definition) is 3. The Balaban J connectivity index is 1.98. The SMILES string of the molecule is CCC1(CC)CC(C)(C)CC(c2ccc(Cl)cc2)=C1CCC1CC(O)CC(=O)O1. The molecule has 2 atom stereocenters. The van der Waals surface area contributed by atoms with Crippen LogP contribution in [0.1, 0.15) is 84.6 Å². The summed E-state index contributed by atoms with van der Waals surface area (Å²) < 4.78 is 5.54. The summed E-state index contributed by atoms with van der Waals surface area (Å²) in [6, 6.07) is 8.23. The van der Waals surface area contributed by atoms with Gasteiger partial charge < -0.3 is 9.84 Å². The number of benzene rings is 1. The molecule has 1 N–H and O–H groups in total. The molecule has 1 aliphatic carbocycles. The van der Waals surface area contributed by atoms with Crippen molar-refractivity contribution in [2.45, 2.75) is 91.3 Å². The van der Waals surface area contributed by atoms with E-state index in [4.69, 9.17) is 16.3 Å². The number of carbonyl (C=O) groups is 1. The van der Waals surface area contributed by atoms with Crippen LogP contribution in [-0.2, 0) is 9.53 Å². The molecule has 29 heavy (non-hydrogen) atoms. The molecule has 0 saturated carbocycles. The average molecular weight is 419 g/mol. The van der Waals surface area contributed by atoms with Gasteiger partial charge in [-0.05, 0) is 72.6 Å². The highest BCUT2D eigenvalue weighted by atomic mass is 35.5. The van der Waals surface area contributed by atoms with Gasteiger partial charge in [0.15, 0.2) is 0 Å². The highest BCUT2D eigenvalue weighted by molar-refractivity contribution is 6.30. The molecular formula is C25H35ClO3. The number of rotatable bonds is 6. The van der Waals surface area contributed by atoms with E-state index in [1.807, 2.05) is 12.1 Å². The lowest BCUT2D eigenvalue weighted by molar-refractivity contribution is -0.160. The Labute approximate surface area is 180 Å². The van der Waals surface area contributed by atoms with Gasteiger partial charge >= 0.3 is 5.97 Å². The Morgan fingerprint density at radius 1 is 1.17 bits per heavy atom. The van der Waals surface area contributed by atoms with Crippen molar-refractivity contribution < 1.29 is 14.6 Å². The fourth-order valence-electron chi connectivity index (χ4n) is 5.60. The normalized spacial score (nSPS) is 26.3. The fourth-order valence-corrected chi connectivity index (χ4v) is 5.73. The summed E-state index contributed by atoms with van der Waals surface area (Å²) in [6.45, 7) is 9.35. The molecule has 1 fully saturated rings. The molecule has 160 valence electrons. The minimum Gasteiger partial charge on any atom is -0.462 e. The second-order valence-electron chi connectivity index (χ2n) is 9.71. The molecule has 0 bridgehead atoms. The molecule has 1 saturated heterocycles. The molecule has 0 radical (unpaired) electrons. The van der Waals surface area contributed by atoms with Crippen LogP contribution in [0.2, 0.25) is 5.02 Å². The maximum atomic E-state index is 11.8. The lowest BCUT2D eigenvalue weighted by Gasteiger charge is -2.48. The molecule has 4 heteroatoms. The number of hydrogen-bond donors (Lipinski definition) is 1. The summed E-state index contributed by atoms with van der Waals surface area (Å²) in [5.74, 6) is -0.275. The Bertz CT molecular complexity index is 759. The van der Waals surface area contributed by atoms with E-state index < -0.39 is 6.10 Å². The zero-order valence-electron chi connectivity index (χ0n) is 18.3. The van der Waals surface area contributed by atoms with E-state index in [1.165, 1.54) is 23.1 Å². The molecule has 1 heterocycles. The lowest BCUT2D eigenvalue weighted by atomic mass is 9.57. The molecule has 2 aliphatic rings. The number of cyclic esters (lactones) is 1. The lowest BCUT2D eigenvalue weighted by Crippen LogP contribution is -2.36. The second kappa shape index (κ2) is 8.81. The van der Waals surface area contributed by atoms with Crippen LogP contribution < -0.4 is 0 Å². The van der Waals surface area contributed by atoms with Crippen molar-refractivity contribution in [3.63, 3.8) is 0 Å². The molecule has 0 amide bonds. The third kappa shape index (κ3) is 5.06. The summed E-state index contributed by atoms with van der Waals surface area (Å²) in [4.78, 5) is 11.8. The monoisotopic (exact) mass is 418 g/mol. The number of halogens is 1. The van der Waals surface area contributed by atoms with Crippen LogP contribution >= 0.6 is 11.6 Å². The third-order valence-corrected chi connectivity index (χ3v) is 7.23. The maximum absolute atomic E-state index is 11.8. The van der Waals surface area contributed by atoms with Gasteiger partial charge in [0.2, 0.25) is 0 Å². The highest BCUT2D eigenvalue weighted by Crippen LogP contribution is 2.56. The first-order chi connectivity index (χ1) is 13.7. The molecule has 1 aromatic rings. The van der Waals surface area contributed by atoms with Crippen molar-refractivity contribution in [2.24, 2.45) is 10.8 Å². The van der Waals surface area contributed by atoms with Gasteiger partial charge in [0, 0.05) is 11.4 Å². The minimum atomic E-state index is -0.571. The minimum absolute atomic E-state index is 0.122. The molecule has 0 spiro atoms. The van der Waals surface area contributed by atoms with Gasteiger partial charge in [-0.2, -0.15) is 0 Å². The van der Waals surface area contributed by atoms with Crippen molar-refractivity contribution in [1.82, 2.24) is 0 Å². The topological polar surface area (TPSA) is 46.5 Å². The van der Waals surface area contributed by atoms with E-state index in [1.54, 1.807) is 0 Å². The van der Waals surface area contributed by atoms with E-state index in [2.05, 4.69) is 39.8 Å². The zero-order chi connectivity index (χ0) is 21.2. The van der Waals surface area contributed by atoms with Crippen molar-refractivity contribution in [2.75, 3.05) is 0 Å². The van der Waals surface area contributed by atoms with E-state index in [9.17, 15) is 9.90 Å². The number of aliphatic hydroxyl groups is 1. The number of carbonyl (C=O) groups excluding carboxylic acids is 1. The van der Waals surface area contributed by atoms with Gasteiger partial charge in [0.05, 0.1) is 12.5 Å². The first-order valence-corrected chi connectivity index (χ1v) is 11.4. The van der Waals surface area contributed by atoms with Crippen LogP contribution in [-0.4, -0.2) is 23.3 Å². The van der Waals surface area contributed by atoms with Crippen molar-refractivity contribution in [3.05, 3.63) is 40.4 Å². The van der Waals surface area contributed by atoms with Crippen LogP contribution in [0.15, 0.2) is 29.8 Å². The summed E-state index contributed by atoms with van der Waals surface area (Å²) >= 11 is 6.16. The molecule has 3 rings (SSSR count). The summed E-state index contributed by atoms with van der Waals surface area (Å²) in [7, 11) is 0. The largest absolute Gasteiger partial charge is 0.462 e. The van der Waals surface area contributed by atoms with Gasteiger partial charge in [0.1, 0.15) is 6.10 Å². The number of ether oxygens (including phenoxy) is 1. The maximum Gasteiger partial charge on any atom is 0.308 e. The van der Waals surface area contributed by atoms with Crippen LogP contribution in [0.25, 0.3) is 5.57 Å². The van der Waals surface area contributed by atoms with E-state index in [0.29, 0.717) is 6.42 Å². The molecular weight excluding hydrogens is 384 g/mol. The summed E-state index contributed by atoms with van der Waals surface area (Å²) in [6.07, 6.45) is 6.01. The van der Waals surface area contributed by atoms with E-state index in [0.717, 1.165) is 37.1 Å². The predicted molar refractivity (Wildman–Crippen MR) is 119 cm³/mol. The van der Waals surface area contributed by atoms with Crippen molar-refractivity contribution >= 4 is 23.1 Å². The average Bonchev–Trinajstić information content (AvgIpc) is 2.65. The standard InChI is InChI=1S/C25H35ClO3/c1-5-25(6-2)16-24(3,4)15-21(17-7-9-18(26)10-8-17)22(25)12-11-20-13-19(27)14-23(28)29-20/h7-10,19-20,27H,5-6,11-16H2,1-4H3. The van der Waals surface area contributed by atoms with Crippen LogP contribution in [0, 0.1) is 10.8 Å². The predicted octanol–water partition coefficient (Wildman–Crippen LogP) is 6.57. The van der Waals surface area contributed by atoms with Gasteiger partial charge in [-0.15, -0.1) is 0 Å². The molecule has 2 unspecified atom stereocenters. The second-order valence-corrected chi connectivity index (χ2v) is 10.1. The van der Waals surface area contributed by atoms with Crippen LogP contribution in [0.5, 0.6) is 0 Å². The Morgan fingerprint density at radius 3 is 2.41 bits per heavy atom. The number of esters is 1. The Kier molecular flexibility index (Phi) is 6.80. The van der Waals surface area contributed by atoms with Crippen LogP contribution in [0.3, 0.4) is 0 Å². The van der Waals surface area contributed by atoms with E-state index >= 15 is 0 Å². The number of allylic oxidation sites excluding steroid dienone is 2. The van der Waals surface area contributed by atoms with Crippen molar-refractivity contribution in [3.8, 4) is 0 Å². The van der Waals surface area contributed by atoms with Crippen molar-refractivity contribution in [1.29, 1.82) is 0 Å². The Morgan fingerprint density at radius 2 is 1.83 bits per heavy atom. The summed E-state index contributed by atoms with van der Waals surface area (Å²) in [5, 5.41) is 10.7. The zero-order valence-corrected chi connectivity index (χ0v) is 19.0. The smallest absolute Gasteiger partial charge is 0.308 e. The third-order valence-electron chi connectivity index (χ3n) is 6.97. The fraction of sp³-hybridized carbons (Fsp3) is 0.640. The molecule has 1 aliphatic heterocycles. The molecule has 3 nitrogen and oxygen atoms in total. The summed E-state index contributed by atoms with van der Waals surface area (Å²) in [5.41, 5.74) is 4.60. The first-order valence-electron chi connectivity index (χ1n) is 11.0. The van der Waals surface area contributed by atoms with E-state index in [-0.39, 0.29) is 29.3 Å². The highest BCUT2D eigenvalue weighted by Gasteiger charge is 2.43. The van der Waals surface area contributed by atoms with Gasteiger partial charge in [-0.1, -0.05) is 57.0 Å². The van der Waals surface area contributed by atoms with Crippen LogP contribution in [0.4, 0.5) is 0 Å². The van der Waals surface area contributed by atoms with Gasteiger partial charge in [-0.25, -0.2) is 0 Å². The first kappa shape index (κ1) is 22.4. The van der Waals surface area contributed by atoms with Gasteiger partial charge in [0.25, 0.3) is 0 Å². The molecule has 1 aromatic carbocycles. The number of aliphatic hydroxyl groups excluding tert-OH is 1.